The number of carbonyl (C=O) groups excluding carboxylic acids is 4. The third kappa shape index (κ3) is 11.4. The Labute approximate surface area is 157 Å². The van der Waals surface area contributed by atoms with E-state index in [4.69, 9.17) is 17.2 Å². The van der Waals surface area contributed by atoms with Gasteiger partial charge in [0.25, 0.3) is 0 Å². The molecular weight excluding hydrogens is 360 g/mol. The summed E-state index contributed by atoms with van der Waals surface area (Å²) in [6.45, 7) is 0.0951. The Hall–Kier alpha value is -1.96. The third-order valence-electron chi connectivity index (χ3n) is 3.56. The number of hydrogen-bond donors (Lipinski definition) is 6. The summed E-state index contributed by atoms with van der Waals surface area (Å²) in [6.07, 6.45) is 0.222. The summed E-state index contributed by atoms with van der Waals surface area (Å²) < 4.78 is 9.10. The van der Waals surface area contributed by atoms with Crippen molar-refractivity contribution in [1.29, 1.82) is 0 Å². The highest BCUT2D eigenvalue weighted by molar-refractivity contribution is 6.39. The minimum Gasteiger partial charge on any atom is -0.469 e. The maximum Gasteiger partial charge on any atom is 0.324 e. The second-order valence-corrected chi connectivity index (χ2v) is 5.70. The first-order valence-corrected chi connectivity index (χ1v) is 8.43. The van der Waals surface area contributed by atoms with E-state index in [0.29, 0.717) is 19.4 Å². The van der Waals surface area contributed by atoms with Crippen LogP contribution in [0.5, 0.6) is 0 Å². The van der Waals surface area contributed by atoms with Crippen LogP contribution >= 0.6 is 0 Å². The molecule has 12 heteroatoms. The van der Waals surface area contributed by atoms with Crippen LogP contribution < -0.4 is 33.4 Å². The molecule has 2 atom stereocenters. The van der Waals surface area contributed by atoms with Gasteiger partial charge in [0.2, 0.25) is 11.6 Å². The van der Waals surface area contributed by atoms with Gasteiger partial charge in [-0.15, -0.1) is 0 Å². The molecule has 1 unspecified atom stereocenters. The van der Waals surface area contributed by atoms with Gasteiger partial charge < -0.3 is 26.7 Å². The monoisotopic (exact) mass is 390 g/mol. The van der Waals surface area contributed by atoms with Crippen LogP contribution in [0.4, 0.5) is 0 Å². The summed E-state index contributed by atoms with van der Waals surface area (Å²) in [7, 11) is 2.42. The van der Waals surface area contributed by atoms with Gasteiger partial charge in [0.05, 0.1) is 26.8 Å². The Morgan fingerprint density at radius 3 is 2.22 bits per heavy atom. The van der Waals surface area contributed by atoms with E-state index in [1.54, 1.807) is 0 Å². The standard InChI is InChI=1S/C15H30N6O6/c1-26-12(23)6-5-10(14(25)27-2)21-20-8-11(22)13(24)9(16)4-3-7-19-15(17)18/h9-10,15,19-21H,3-8,16-18H2,1-2H3/t9-,10?/m0/s1. The van der Waals surface area contributed by atoms with Gasteiger partial charge in [0.15, 0.2) is 0 Å². The largest absolute Gasteiger partial charge is 0.469 e. The SMILES string of the molecule is COC(=O)CCC(NNCC(=O)C(=O)[C@@H](N)CCCNC(N)N)C(=O)OC. The van der Waals surface area contributed by atoms with E-state index in [0.717, 1.165) is 0 Å². The summed E-state index contributed by atoms with van der Waals surface area (Å²) in [4.78, 5) is 46.6. The van der Waals surface area contributed by atoms with Crippen LogP contribution in [0, 0.1) is 0 Å². The number of esters is 2. The lowest BCUT2D eigenvalue weighted by Crippen LogP contribution is -2.50. The van der Waals surface area contributed by atoms with Gasteiger partial charge in [0.1, 0.15) is 12.3 Å². The number of carbonyl (C=O) groups is 4. The number of methoxy groups -OCH3 is 2. The van der Waals surface area contributed by atoms with Gasteiger partial charge in [-0.3, -0.25) is 24.5 Å². The van der Waals surface area contributed by atoms with Crippen molar-refractivity contribution in [3.05, 3.63) is 0 Å². The molecule has 0 aromatic heterocycles. The quantitative estimate of drug-likeness (QED) is 0.0533. The maximum atomic E-state index is 11.9. The average molecular weight is 390 g/mol. The molecule has 0 rings (SSSR count). The first kappa shape index (κ1) is 25.0. The van der Waals surface area contributed by atoms with E-state index >= 15 is 0 Å². The van der Waals surface area contributed by atoms with Crippen LogP contribution in [0.2, 0.25) is 0 Å². The molecule has 0 amide bonds. The highest BCUT2D eigenvalue weighted by Gasteiger charge is 2.23. The van der Waals surface area contributed by atoms with Crippen LogP contribution in [0.1, 0.15) is 25.7 Å². The second kappa shape index (κ2) is 14.1. The Kier molecular flexibility index (Phi) is 13.1. The first-order chi connectivity index (χ1) is 12.7. The van der Waals surface area contributed by atoms with Crippen LogP contribution in [0.15, 0.2) is 0 Å². The highest BCUT2D eigenvalue weighted by atomic mass is 16.5. The van der Waals surface area contributed by atoms with E-state index in [1.807, 2.05) is 0 Å². The molecule has 0 bridgehead atoms. The molecule has 0 spiro atoms. The Morgan fingerprint density at radius 2 is 1.67 bits per heavy atom. The molecular formula is C15H30N6O6. The molecule has 0 fully saturated rings. The minimum atomic E-state index is -0.939. The molecule has 0 aromatic carbocycles. The molecule has 0 saturated heterocycles. The summed E-state index contributed by atoms with van der Waals surface area (Å²) in [5, 5.41) is 2.76. The van der Waals surface area contributed by atoms with Crippen molar-refractivity contribution in [2.75, 3.05) is 27.3 Å². The molecule has 0 aromatic rings. The van der Waals surface area contributed by atoms with Crippen molar-refractivity contribution in [1.82, 2.24) is 16.2 Å². The lowest BCUT2D eigenvalue weighted by molar-refractivity contribution is -0.145. The number of nitrogens with one attached hydrogen (secondary N) is 3. The number of ether oxygens (including phenoxy) is 2. The molecule has 0 radical (unpaired) electrons. The van der Waals surface area contributed by atoms with Crippen molar-refractivity contribution < 1.29 is 28.7 Å². The zero-order valence-electron chi connectivity index (χ0n) is 15.7. The fraction of sp³-hybridized carbons (Fsp3) is 0.733. The lowest BCUT2D eigenvalue weighted by Gasteiger charge is -2.17. The Morgan fingerprint density at radius 1 is 1.00 bits per heavy atom. The van der Waals surface area contributed by atoms with Gasteiger partial charge in [-0.05, 0) is 25.8 Å². The summed E-state index contributed by atoms with van der Waals surface area (Å²) in [6, 6.07) is -1.83. The maximum absolute atomic E-state index is 11.9. The molecule has 0 aliphatic rings. The number of rotatable bonds is 15. The third-order valence-corrected chi connectivity index (χ3v) is 3.56. The predicted molar refractivity (Wildman–Crippen MR) is 95.6 cm³/mol. The van der Waals surface area contributed by atoms with Gasteiger partial charge in [-0.25, -0.2) is 10.9 Å². The van der Waals surface area contributed by atoms with E-state index in [-0.39, 0.29) is 19.4 Å². The van der Waals surface area contributed by atoms with Crippen LogP contribution in [0.3, 0.4) is 0 Å². The lowest BCUT2D eigenvalue weighted by atomic mass is 10.0. The number of ketones is 2. The Balaban J connectivity index is 4.28. The zero-order chi connectivity index (χ0) is 20.8. The normalized spacial score (nSPS) is 13.1. The fourth-order valence-corrected chi connectivity index (χ4v) is 2.03. The number of hydrazine groups is 1. The highest BCUT2D eigenvalue weighted by Crippen LogP contribution is 2.01. The van der Waals surface area contributed by atoms with Gasteiger partial charge in [-0.1, -0.05) is 0 Å². The van der Waals surface area contributed by atoms with Crippen molar-refractivity contribution in [3.8, 4) is 0 Å². The van der Waals surface area contributed by atoms with Crippen LogP contribution in [-0.2, 0) is 28.7 Å². The smallest absolute Gasteiger partial charge is 0.324 e. The van der Waals surface area contributed by atoms with Gasteiger partial charge >= 0.3 is 11.9 Å². The zero-order valence-corrected chi connectivity index (χ0v) is 15.7. The second-order valence-electron chi connectivity index (χ2n) is 5.70. The fourth-order valence-electron chi connectivity index (χ4n) is 2.03. The van der Waals surface area contributed by atoms with Gasteiger partial charge in [0, 0.05) is 6.42 Å². The molecule has 12 nitrogen and oxygen atoms in total. The minimum absolute atomic E-state index is 0.0246. The molecule has 0 saturated carbocycles. The van der Waals surface area contributed by atoms with Crippen molar-refractivity contribution in [2.45, 2.75) is 44.1 Å². The Bertz CT molecular complexity index is 501. The number of Topliss-reactive ketones (excluding diaryl/α,β-unsaturated/α-hetero) is 2. The molecule has 156 valence electrons. The first-order valence-electron chi connectivity index (χ1n) is 8.43. The van der Waals surface area contributed by atoms with Crippen molar-refractivity contribution >= 4 is 23.5 Å². The summed E-state index contributed by atoms with van der Waals surface area (Å²) >= 11 is 0. The molecule has 27 heavy (non-hydrogen) atoms. The molecule has 0 aliphatic heterocycles. The molecule has 0 heterocycles. The summed E-state index contributed by atoms with van der Waals surface area (Å²) in [5.74, 6) is -2.60. The van der Waals surface area contributed by atoms with E-state index in [2.05, 4.69) is 25.6 Å². The average Bonchev–Trinajstić information content (AvgIpc) is 2.65. The predicted octanol–water partition coefficient (Wildman–Crippen LogP) is -3.39. The molecule has 9 N–H and O–H groups in total. The van der Waals surface area contributed by atoms with Crippen LogP contribution in [-0.4, -0.2) is 69.2 Å². The van der Waals surface area contributed by atoms with E-state index in [1.165, 1.54) is 14.2 Å². The van der Waals surface area contributed by atoms with E-state index < -0.39 is 41.9 Å². The van der Waals surface area contributed by atoms with Crippen molar-refractivity contribution in [3.63, 3.8) is 0 Å². The number of hydrogen-bond acceptors (Lipinski definition) is 12. The topological polar surface area (TPSA) is 201 Å². The van der Waals surface area contributed by atoms with Crippen LogP contribution in [0.25, 0.3) is 0 Å². The molecule has 0 aliphatic carbocycles. The number of nitrogens with two attached hydrogens (primary N) is 3. The van der Waals surface area contributed by atoms with E-state index in [9.17, 15) is 19.2 Å². The summed E-state index contributed by atoms with van der Waals surface area (Å²) in [5.41, 5.74) is 21.4. The van der Waals surface area contributed by atoms with Crippen molar-refractivity contribution in [2.24, 2.45) is 17.2 Å². The van der Waals surface area contributed by atoms with Gasteiger partial charge in [-0.2, -0.15) is 0 Å².